The molecule has 0 bridgehead atoms. The maximum atomic E-state index is 6.18. The minimum Gasteiger partial charge on any atom is -0.332 e. The van der Waals surface area contributed by atoms with Crippen molar-refractivity contribution in [2.45, 2.75) is 6.54 Å². The smallest absolute Gasteiger partial charge is 0.175 e. The molecule has 1 aromatic heterocycles. The van der Waals surface area contributed by atoms with E-state index in [2.05, 4.69) is 31.7 Å². The zero-order valence-corrected chi connectivity index (χ0v) is 15.7. The number of aromatic nitrogens is 2. The Morgan fingerprint density at radius 3 is 2.62 bits per heavy atom. The maximum absolute atomic E-state index is 6.18. The summed E-state index contributed by atoms with van der Waals surface area (Å²) in [7, 11) is 0. The Labute approximate surface area is 159 Å². The molecule has 0 saturated carbocycles. The molecule has 0 amide bonds. The van der Waals surface area contributed by atoms with E-state index in [0.29, 0.717) is 10.1 Å². The van der Waals surface area contributed by atoms with Crippen molar-refractivity contribution in [2.75, 3.05) is 10.6 Å². The molecule has 4 nitrogen and oxygen atoms in total. The number of nitrogens with one attached hydrogen (secondary N) is 2. The topological polar surface area (TPSA) is 41.9 Å². The number of hydrogen-bond donors (Lipinski definition) is 2. The highest BCUT2D eigenvalue weighted by Gasteiger charge is 2.04. The van der Waals surface area contributed by atoms with Gasteiger partial charge in [0.05, 0.1) is 17.3 Å². The second-order valence-electron chi connectivity index (χ2n) is 5.10. The highest BCUT2D eigenvalue weighted by Crippen LogP contribution is 2.25. The van der Waals surface area contributed by atoms with Crippen LogP contribution < -0.4 is 10.6 Å². The minimum atomic E-state index is 0.485. The Hall–Kier alpha value is -1.89. The highest BCUT2D eigenvalue weighted by atomic mass is 79.9. The maximum Gasteiger partial charge on any atom is 0.175 e. The molecule has 0 aliphatic heterocycles. The molecule has 3 aromatic rings. The second-order valence-corrected chi connectivity index (χ2v) is 6.83. The summed E-state index contributed by atoms with van der Waals surface area (Å²) in [5.74, 6) is 0. The number of anilines is 2. The van der Waals surface area contributed by atoms with Crippen molar-refractivity contribution >= 4 is 56.2 Å². The van der Waals surface area contributed by atoms with Crippen molar-refractivity contribution in [2.24, 2.45) is 0 Å². The van der Waals surface area contributed by atoms with Gasteiger partial charge in [-0.25, -0.2) is 0 Å². The summed E-state index contributed by atoms with van der Waals surface area (Å²) < 4.78 is 2.80. The summed E-state index contributed by atoms with van der Waals surface area (Å²) in [5.41, 5.74) is 2.83. The van der Waals surface area contributed by atoms with Crippen LogP contribution in [0.25, 0.3) is 0 Å². The monoisotopic (exact) mass is 420 g/mol. The summed E-state index contributed by atoms with van der Waals surface area (Å²) in [4.78, 5) is 0. The van der Waals surface area contributed by atoms with Gasteiger partial charge in [0.15, 0.2) is 5.11 Å². The van der Waals surface area contributed by atoms with E-state index in [1.807, 2.05) is 59.4 Å². The third-order valence-corrected chi connectivity index (χ3v) is 4.30. The molecular formula is C17H14BrClN4S. The van der Waals surface area contributed by atoms with E-state index < -0.39 is 0 Å². The number of benzene rings is 2. The Kier molecular flexibility index (Phi) is 5.50. The van der Waals surface area contributed by atoms with Crippen LogP contribution in [-0.4, -0.2) is 14.9 Å². The molecule has 1 heterocycles. The van der Waals surface area contributed by atoms with Crippen LogP contribution in [0.4, 0.5) is 11.4 Å². The van der Waals surface area contributed by atoms with E-state index in [1.54, 1.807) is 6.20 Å². The fourth-order valence-corrected chi connectivity index (χ4v) is 3.10. The SMILES string of the molecule is S=C(Nc1ccc(Cn2cccn2)cc1)Nc1ccc(Br)cc1Cl. The largest absolute Gasteiger partial charge is 0.332 e. The molecule has 24 heavy (non-hydrogen) atoms. The van der Waals surface area contributed by atoms with Gasteiger partial charge in [-0.3, -0.25) is 4.68 Å². The lowest BCUT2D eigenvalue weighted by molar-refractivity contribution is 0.687. The van der Waals surface area contributed by atoms with Crippen molar-refractivity contribution in [3.05, 3.63) is 76.0 Å². The summed E-state index contributed by atoms with van der Waals surface area (Å²) in [6, 6.07) is 15.5. The van der Waals surface area contributed by atoms with Gasteiger partial charge in [0.2, 0.25) is 0 Å². The van der Waals surface area contributed by atoms with Crippen LogP contribution in [0, 0.1) is 0 Å². The molecule has 2 aromatic carbocycles. The third-order valence-electron chi connectivity index (χ3n) is 3.29. The lowest BCUT2D eigenvalue weighted by atomic mass is 10.2. The second kappa shape index (κ2) is 7.79. The van der Waals surface area contributed by atoms with E-state index in [-0.39, 0.29) is 0 Å². The van der Waals surface area contributed by atoms with Crippen LogP contribution >= 0.6 is 39.7 Å². The average Bonchev–Trinajstić information content (AvgIpc) is 3.05. The van der Waals surface area contributed by atoms with Crippen LogP contribution in [0.3, 0.4) is 0 Å². The van der Waals surface area contributed by atoms with E-state index in [9.17, 15) is 0 Å². The van der Waals surface area contributed by atoms with E-state index in [4.69, 9.17) is 23.8 Å². The molecule has 122 valence electrons. The number of nitrogens with zero attached hydrogens (tertiary/aromatic N) is 2. The summed E-state index contributed by atoms with van der Waals surface area (Å²) in [5, 5.41) is 11.5. The standard InChI is InChI=1S/C17H14BrClN4S/c18-13-4-7-16(15(19)10-13)22-17(24)21-14-5-2-12(3-6-14)11-23-9-1-8-20-23/h1-10H,11H2,(H2,21,22,24). The first-order valence-corrected chi connectivity index (χ1v) is 8.77. The van der Waals surface area contributed by atoms with Gasteiger partial charge in [0.25, 0.3) is 0 Å². The van der Waals surface area contributed by atoms with Crippen LogP contribution in [-0.2, 0) is 6.54 Å². The molecule has 0 aliphatic carbocycles. The summed E-state index contributed by atoms with van der Waals surface area (Å²) in [6.45, 7) is 0.741. The van der Waals surface area contributed by atoms with Crippen molar-refractivity contribution in [3.8, 4) is 0 Å². The molecule has 0 atom stereocenters. The molecule has 0 radical (unpaired) electrons. The molecule has 0 saturated heterocycles. The zero-order chi connectivity index (χ0) is 16.9. The predicted molar refractivity (Wildman–Crippen MR) is 107 cm³/mol. The van der Waals surface area contributed by atoms with Crippen LogP contribution in [0.15, 0.2) is 65.4 Å². The summed E-state index contributed by atoms with van der Waals surface area (Å²) in [6.07, 6.45) is 3.71. The first kappa shape index (κ1) is 17.0. The number of halogens is 2. The van der Waals surface area contributed by atoms with E-state index in [0.717, 1.165) is 22.4 Å². The summed E-state index contributed by atoms with van der Waals surface area (Å²) >= 11 is 14.9. The lowest BCUT2D eigenvalue weighted by Gasteiger charge is -2.12. The van der Waals surface area contributed by atoms with E-state index in [1.165, 1.54) is 5.56 Å². The van der Waals surface area contributed by atoms with Crippen molar-refractivity contribution in [1.82, 2.24) is 9.78 Å². The Balaban J connectivity index is 1.60. The molecule has 0 fully saturated rings. The molecule has 0 spiro atoms. The Bertz CT molecular complexity index is 834. The number of hydrogen-bond acceptors (Lipinski definition) is 2. The van der Waals surface area contributed by atoms with Gasteiger partial charge >= 0.3 is 0 Å². The van der Waals surface area contributed by atoms with Crippen molar-refractivity contribution in [3.63, 3.8) is 0 Å². The molecule has 2 N–H and O–H groups in total. The first-order valence-electron chi connectivity index (χ1n) is 7.19. The highest BCUT2D eigenvalue weighted by molar-refractivity contribution is 9.10. The van der Waals surface area contributed by atoms with Gasteiger partial charge in [-0.05, 0) is 54.2 Å². The lowest BCUT2D eigenvalue weighted by Crippen LogP contribution is -2.19. The van der Waals surface area contributed by atoms with Gasteiger partial charge in [-0.1, -0.05) is 39.7 Å². The fourth-order valence-electron chi connectivity index (χ4n) is 2.15. The van der Waals surface area contributed by atoms with Crippen LogP contribution in [0.5, 0.6) is 0 Å². The Morgan fingerprint density at radius 1 is 1.17 bits per heavy atom. The van der Waals surface area contributed by atoms with Crippen LogP contribution in [0.2, 0.25) is 5.02 Å². The van der Waals surface area contributed by atoms with Gasteiger partial charge in [-0.15, -0.1) is 0 Å². The minimum absolute atomic E-state index is 0.485. The normalized spacial score (nSPS) is 10.4. The predicted octanol–water partition coefficient (Wildman–Crippen LogP) is 5.16. The van der Waals surface area contributed by atoms with E-state index >= 15 is 0 Å². The molecule has 7 heteroatoms. The quantitative estimate of drug-likeness (QED) is 0.571. The van der Waals surface area contributed by atoms with Gasteiger partial charge < -0.3 is 10.6 Å². The van der Waals surface area contributed by atoms with Crippen molar-refractivity contribution < 1.29 is 0 Å². The number of thiocarbonyl (C=S) groups is 1. The molecule has 0 aliphatic rings. The molecule has 3 rings (SSSR count). The van der Waals surface area contributed by atoms with Crippen LogP contribution in [0.1, 0.15) is 5.56 Å². The molecular weight excluding hydrogens is 408 g/mol. The number of rotatable bonds is 4. The van der Waals surface area contributed by atoms with Gasteiger partial charge in [0.1, 0.15) is 0 Å². The van der Waals surface area contributed by atoms with Gasteiger partial charge in [0, 0.05) is 22.6 Å². The van der Waals surface area contributed by atoms with Crippen molar-refractivity contribution in [1.29, 1.82) is 0 Å². The Morgan fingerprint density at radius 2 is 1.96 bits per heavy atom. The van der Waals surface area contributed by atoms with Gasteiger partial charge in [-0.2, -0.15) is 5.10 Å². The third kappa shape index (κ3) is 4.56. The average molecular weight is 422 g/mol. The fraction of sp³-hybridized carbons (Fsp3) is 0.0588. The molecule has 0 unspecified atom stereocenters. The first-order chi connectivity index (χ1) is 11.6. The zero-order valence-electron chi connectivity index (χ0n) is 12.5.